The molecule has 1 unspecified atom stereocenters. The van der Waals surface area contributed by atoms with Crippen molar-refractivity contribution in [2.75, 3.05) is 5.73 Å². The van der Waals surface area contributed by atoms with Crippen molar-refractivity contribution in [2.24, 2.45) is 5.73 Å². The van der Waals surface area contributed by atoms with Gasteiger partial charge in [-0.3, -0.25) is 0 Å². The van der Waals surface area contributed by atoms with Crippen molar-refractivity contribution in [3.05, 3.63) is 28.2 Å². The minimum absolute atomic E-state index is 0.186. The van der Waals surface area contributed by atoms with Gasteiger partial charge >= 0.3 is 0 Å². The predicted molar refractivity (Wildman–Crippen MR) is 55.9 cm³/mol. The molecule has 0 amide bonds. The Labute approximate surface area is 81.1 Å². The number of anilines is 1. The molecule has 1 aromatic rings. The van der Waals surface area contributed by atoms with E-state index in [2.05, 4.69) is 15.9 Å². The van der Waals surface area contributed by atoms with Crippen LogP contribution < -0.4 is 11.5 Å². The number of nitrogen functional groups attached to an aromatic ring is 1. The lowest BCUT2D eigenvalue weighted by Gasteiger charge is -2.06. The molecule has 0 heterocycles. The summed E-state index contributed by atoms with van der Waals surface area (Å²) in [6, 6.07) is 6.12. The Morgan fingerprint density at radius 1 is 1.50 bits per heavy atom. The molecule has 12 heavy (non-hydrogen) atoms. The highest BCUT2D eigenvalue weighted by molar-refractivity contribution is 9.10. The van der Waals surface area contributed by atoms with Crippen molar-refractivity contribution in [1.29, 1.82) is 0 Å². The zero-order valence-corrected chi connectivity index (χ0v) is 8.64. The molecule has 1 rings (SSSR count). The average molecular weight is 229 g/mol. The maximum absolute atomic E-state index is 5.71. The zero-order chi connectivity index (χ0) is 9.14. The van der Waals surface area contributed by atoms with Crippen LogP contribution in [0, 0.1) is 0 Å². The monoisotopic (exact) mass is 228 g/mol. The van der Waals surface area contributed by atoms with Crippen molar-refractivity contribution < 1.29 is 0 Å². The SMILES string of the molecule is CC(N)Cc1ccc(Br)c(N)c1. The lowest BCUT2D eigenvalue weighted by Crippen LogP contribution is -2.17. The largest absolute Gasteiger partial charge is 0.398 e. The van der Waals surface area contributed by atoms with E-state index in [1.54, 1.807) is 0 Å². The van der Waals surface area contributed by atoms with Crippen LogP contribution in [0.15, 0.2) is 22.7 Å². The maximum atomic E-state index is 5.71. The molecule has 1 aromatic carbocycles. The second-order valence-electron chi connectivity index (χ2n) is 3.04. The first-order valence-corrected chi connectivity index (χ1v) is 4.68. The molecular formula is C9H13BrN2. The second kappa shape index (κ2) is 3.92. The van der Waals surface area contributed by atoms with Gasteiger partial charge in [0, 0.05) is 16.2 Å². The highest BCUT2D eigenvalue weighted by Crippen LogP contribution is 2.20. The Morgan fingerprint density at radius 2 is 2.17 bits per heavy atom. The topological polar surface area (TPSA) is 52.0 Å². The van der Waals surface area contributed by atoms with Crippen LogP contribution >= 0.6 is 15.9 Å². The summed E-state index contributed by atoms with van der Waals surface area (Å²) in [4.78, 5) is 0. The smallest absolute Gasteiger partial charge is 0.0461 e. The van der Waals surface area contributed by atoms with E-state index in [0.29, 0.717) is 0 Å². The normalized spacial score (nSPS) is 12.9. The van der Waals surface area contributed by atoms with Gasteiger partial charge < -0.3 is 11.5 Å². The van der Waals surface area contributed by atoms with Crippen molar-refractivity contribution >= 4 is 21.6 Å². The average Bonchev–Trinajstić information content (AvgIpc) is 1.96. The quantitative estimate of drug-likeness (QED) is 0.761. The lowest BCUT2D eigenvalue weighted by molar-refractivity contribution is 0.738. The third-order valence-electron chi connectivity index (χ3n) is 1.62. The van der Waals surface area contributed by atoms with E-state index in [-0.39, 0.29) is 6.04 Å². The summed E-state index contributed by atoms with van der Waals surface area (Å²) < 4.78 is 0.941. The number of rotatable bonds is 2. The molecular weight excluding hydrogens is 216 g/mol. The van der Waals surface area contributed by atoms with Crippen LogP contribution in [0.25, 0.3) is 0 Å². The summed E-state index contributed by atoms with van der Waals surface area (Å²) >= 11 is 3.34. The standard InChI is InChI=1S/C9H13BrN2/c1-6(11)4-7-2-3-8(10)9(12)5-7/h2-3,5-6H,4,11-12H2,1H3. The van der Waals surface area contributed by atoms with E-state index in [9.17, 15) is 0 Å². The minimum Gasteiger partial charge on any atom is -0.398 e. The second-order valence-corrected chi connectivity index (χ2v) is 3.89. The van der Waals surface area contributed by atoms with Crippen LogP contribution in [0.2, 0.25) is 0 Å². The van der Waals surface area contributed by atoms with E-state index >= 15 is 0 Å². The van der Waals surface area contributed by atoms with Crippen molar-refractivity contribution in [2.45, 2.75) is 19.4 Å². The van der Waals surface area contributed by atoms with Crippen molar-refractivity contribution in [3.63, 3.8) is 0 Å². The lowest BCUT2D eigenvalue weighted by atomic mass is 10.1. The fraction of sp³-hybridized carbons (Fsp3) is 0.333. The van der Waals surface area contributed by atoms with Crippen LogP contribution in [0.4, 0.5) is 5.69 Å². The number of halogens is 1. The zero-order valence-electron chi connectivity index (χ0n) is 7.05. The third-order valence-corrected chi connectivity index (χ3v) is 2.34. The fourth-order valence-electron chi connectivity index (χ4n) is 1.09. The molecule has 1 atom stereocenters. The molecule has 2 nitrogen and oxygen atoms in total. The van der Waals surface area contributed by atoms with E-state index in [4.69, 9.17) is 11.5 Å². The number of hydrogen-bond acceptors (Lipinski definition) is 2. The van der Waals surface area contributed by atoms with Gasteiger partial charge in [-0.1, -0.05) is 6.07 Å². The van der Waals surface area contributed by atoms with Crippen molar-refractivity contribution in [3.8, 4) is 0 Å². The molecule has 0 radical (unpaired) electrons. The number of benzene rings is 1. The van der Waals surface area contributed by atoms with E-state index in [1.807, 2.05) is 25.1 Å². The van der Waals surface area contributed by atoms with Crippen LogP contribution in [0.5, 0.6) is 0 Å². The van der Waals surface area contributed by atoms with Gasteiger partial charge in [-0.2, -0.15) is 0 Å². The van der Waals surface area contributed by atoms with Crippen LogP contribution in [0.1, 0.15) is 12.5 Å². The summed E-state index contributed by atoms with van der Waals surface area (Å²) in [5.41, 5.74) is 13.3. The van der Waals surface area contributed by atoms with Gasteiger partial charge in [0.1, 0.15) is 0 Å². The molecule has 66 valence electrons. The molecule has 0 spiro atoms. The molecule has 0 bridgehead atoms. The molecule has 0 saturated carbocycles. The number of nitrogens with two attached hydrogens (primary N) is 2. The highest BCUT2D eigenvalue weighted by atomic mass is 79.9. The molecule has 0 fully saturated rings. The Morgan fingerprint density at radius 3 is 2.67 bits per heavy atom. The van der Waals surface area contributed by atoms with Crippen LogP contribution in [-0.2, 0) is 6.42 Å². The fourth-order valence-corrected chi connectivity index (χ4v) is 1.34. The summed E-state index contributed by atoms with van der Waals surface area (Å²) in [6.07, 6.45) is 0.872. The molecule has 0 saturated heterocycles. The van der Waals surface area contributed by atoms with Gasteiger partial charge in [-0.05, 0) is 47.0 Å². The van der Waals surface area contributed by atoms with E-state index < -0.39 is 0 Å². The first kappa shape index (κ1) is 9.55. The highest BCUT2D eigenvalue weighted by Gasteiger charge is 2.00. The molecule has 3 heteroatoms. The van der Waals surface area contributed by atoms with E-state index in [0.717, 1.165) is 16.6 Å². The summed E-state index contributed by atoms with van der Waals surface area (Å²) in [5, 5.41) is 0. The molecule has 0 aliphatic carbocycles. The molecule has 0 aromatic heterocycles. The van der Waals surface area contributed by atoms with Crippen LogP contribution in [-0.4, -0.2) is 6.04 Å². The Hall–Kier alpha value is -0.540. The van der Waals surface area contributed by atoms with Gasteiger partial charge in [-0.15, -0.1) is 0 Å². The molecule has 0 aliphatic rings. The first-order chi connectivity index (χ1) is 5.59. The molecule has 0 aliphatic heterocycles. The summed E-state index contributed by atoms with van der Waals surface area (Å²) in [7, 11) is 0. The van der Waals surface area contributed by atoms with Gasteiger partial charge in [0.2, 0.25) is 0 Å². The predicted octanol–water partition coefficient (Wildman–Crippen LogP) is 1.92. The first-order valence-electron chi connectivity index (χ1n) is 3.89. The summed E-state index contributed by atoms with van der Waals surface area (Å²) in [6.45, 7) is 1.98. The minimum atomic E-state index is 0.186. The maximum Gasteiger partial charge on any atom is 0.0461 e. The van der Waals surface area contributed by atoms with Crippen LogP contribution in [0.3, 0.4) is 0 Å². The Bertz CT molecular complexity index is 271. The van der Waals surface area contributed by atoms with Gasteiger partial charge in [0.15, 0.2) is 0 Å². The summed E-state index contributed by atoms with van der Waals surface area (Å²) in [5.74, 6) is 0. The van der Waals surface area contributed by atoms with Gasteiger partial charge in [-0.25, -0.2) is 0 Å². The van der Waals surface area contributed by atoms with E-state index in [1.165, 1.54) is 5.56 Å². The van der Waals surface area contributed by atoms with Gasteiger partial charge in [0.25, 0.3) is 0 Å². The van der Waals surface area contributed by atoms with Gasteiger partial charge in [0.05, 0.1) is 0 Å². The molecule has 4 N–H and O–H groups in total. The Kier molecular flexibility index (Phi) is 3.12. The Balaban J connectivity index is 2.82. The number of hydrogen-bond donors (Lipinski definition) is 2. The van der Waals surface area contributed by atoms with Crippen molar-refractivity contribution in [1.82, 2.24) is 0 Å². The third kappa shape index (κ3) is 2.50.